The molecule has 0 radical (unpaired) electrons. The van der Waals surface area contributed by atoms with Gasteiger partial charge in [-0.1, -0.05) is 17.7 Å². The van der Waals surface area contributed by atoms with Crippen LogP contribution < -0.4 is 9.47 Å². The third-order valence-corrected chi connectivity index (χ3v) is 4.27. The highest BCUT2D eigenvalue weighted by Crippen LogP contribution is 2.42. The summed E-state index contributed by atoms with van der Waals surface area (Å²) in [6.07, 6.45) is 0. The van der Waals surface area contributed by atoms with Gasteiger partial charge < -0.3 is 9.47 Å². The molecule has 2 nitrogen and oxygen atoms in total. The van der Waals surface area contributed by atoms with Crippen LogP contribution in [0.1, 0.15) is 16.5 Å². The number of hydrogen-bond donors (Lipinski definition) is 0. The van der Waals surface area contributed by atoms with Crippen LogP contribution >= 0.6 is 39.1 Å². The van der Waals surface area contributed by atoms with Crippen LogP contribution in [-0.2, 0) is 0 Å². The van der Waals surface area contributed by atoms with E-state index in [0.29, 0.717) is 32.1 Å². The number of benzene rings is 2. The van der Waals surface area contributed by atoms with Crippen molar-refractivity contribution < 1.29 is 13.9 Å². The van der Waals surface area contributed by atoms with Crippen LogP contribution in [0.5, 0.6) is 11.5 Å². The first-order valence-electron chi connectivity index (χ1n) is 5.98. The van der Waals surface area contributed by atoms with E-state index in [-0.39, 0.29) is 0 Å². The zero-order chi connectivity index (χ0) is 15.6. The lowest BCUT2D eigenvalue weighted by Gasteiger charge is -2.17. The van der Waals surface area contributed by atoms with Gasteiger partial charge in [-0.3, -0.25) is 0 Å². The predicted molar refractivity (Wildman–Crippen MR) is 86.4 cm³/mol. The zero-order valence-electron chi connectivity index (χ0n) is 11.3. The third-order valence-electron chi connectivity index (χ3n) is 2.99. The molecule has 0 aliphatic rings. The van der Waals surface area contributed by atoms with Crippen molar-refractivity contribution in [2.75, 3.05) is 14.2 Å². The van der Waals surface area contributed by atoms with E-state index in [1.807, 2.05) is 0 Å². The molecule has 6 heteroatoms. The highest BCUT2D eigenvalue weighted by molar-refractivity contribution is 9.10. The van der Waals surface area contributed by atoms with Crippen molar-refractivity contribution in [1.82, 2.24) is 0 Å². The molecule has 21 heavy (non-hydrogen) atoms. The largest absolute Gasteiger partial charge is 0.497 e. The van der Waals surface area contributed by atoms with Gasteiger partial charge in [-0.25, -0.2) is 4.39 Å². The molecule has 112 valence electrons. The molecule has 0 aliphatic carbocycles. The lowest BCUT2D eigenvalue weighted by molar-refractivity contribution is 0.406. The minimum absolute atomic E-state index is 0.324. The maximum atomic E-state index is 14.2. The maximum absolute atomic E-state index is 14.2. The third kappa shape index (κ3) is 3.44. The number of rotatable bonds is 4. The Balaban J connectivity index is 2.51. The molecule has 1 atom stereocenters. The summed E-state index contributed by atoms with van der Waals surface area (Å²) >= 11 is 15.8. The van der Waals surface area contributed by atoms with Gasteiger partial charge in [0.1, 0.15) is 17.3 Å². The topological polar surface area (TPSA) is 18.5 Å². The van der Waals surface area contributed by atoms with Gasteiger partial charge >= 0.3 is 0 Å². The summed E-state index contributed by atoms with van der Waals surface area (Å²) in [7, 11) is 3.00. The molecule has 0 saturated heterocycles. The SMILES string of the molecule is COc1ccc(C(Cl)c2cc(Cl)cc(Br)c2OC)c(F)c1. The fourth-order valence-electron chi connectivity index (χ4n) is 1.99. The first kappa shape index (κ1) is 16.4. The molecule has 0 aromatic heterocycles. The summed E-state index contributed by atoms with van der Waals surface area (Å²) in [5.41, 5.74) is 0.910. The summed E-state index contributed by atoms with van der Waals surface area (Å²) in [6, 6.07) is 7.88. The average molecular weight is 394 g/mol. The summed E-state index contributed by atoms with van der Waals surface area (Å²) < 4.78 is 25.1. The minimum atomic E-state index is -0.735. The molecule has 0 aliphatic heterocycles. The van der Waals surface area contributed by atoms with Crippen LogP contribution in [-0.4, -0.2) is 14.2 Å². The van der Waals surface area contributed by atoms with E-state index in [1.54, 1.807) is 24.3 Å². The van der Waals surface area contributed by atoms with E-state index in [1.165, 1.54) is 20.3 Å². The van der Waals surface area contributed by atoms with E-state index in [9.17, 15) is 4.39 Å². The highest BCUT2D eigenvalue weighted by atomic mass is 79.9. The van der Waals surface area contributed by atoms with Crippen LogP contribution in [0.15, 0.2) is 34.8 Å². The molecule has 0 amide bonds. The Hall–Kier alpha value is -0.970. The van der Waals surface area contributed by atoms with Crippen molar-refractivity contribution in [2.24, 2.45) is 0 Å². The summed E-state index contributed by atoms with van der Waals surface area (Å²) in [5.74, 6) is 0.501. The summed E-state index contributed by atoms with van der Waals surface area (Å²) in [6.45, 7) is 0. The Labute approximate surface area is 140 Å². The molecule has 1 unspecified atom stereocenters. The Morgan fingerprint density at radius 2 is 1.81 bits per heavy atom. The molecule has 0 bridgehead atoms. The molecule has 0 N–H and O–H groups in total. The van der Waals surface area contributed by atoms with Gasteiger partial charge in [-0.15, -0.1) is 11.6 Å². The van der Waals surface area contributed by atoms with Gasteiger partial charge in [0, 0.05) is 22.2 Å². The predicted octanol–water partition coefficient (Wildman–Crippen LogP) is 5.59. The number of alkyl halides is 1. The quantitative estimate of drug-likeness (QED) is 0.630. The molecule has 2 rings (SSSR count). The van der Waals surface area contributed by atoms with Crippen molar-refractivity contribution in [3.8, 4) is 11.5 Å². The highest BCUT2D eigenvalue weighted by Gasteiger charge is 2.22. The van der Waals surface area contributed by atoms with Gasteiger partial charge in [0.15, 0.2) is 0 Å². The Bertz CT molecular complexity index is 664. The number of ether oxygens (including phenoxy) is 2. The second kappa shape index (κ2) is 6.86. The second-order valence-corrected chi connectivity index (χ2v) is 5.99. The molecule has 0 saturated carbocycles. The van der Waals surface area contributed by atoms with Crippen molar-refractivity contribution in [2.45, 2.75) is 5.38 Å². The number of methoxy groups -OCH3 is 2. The smallest absolute Gasteiger partial charge is 0.138 e. The van der Waals surface area contributed by atoms with E-state index >= 15 is 0 Å². The molecule has 0 fully saturated rings. The fourth-order valence-corrected chi connectivity index (χ4v) is 3.33. The molecule has 0 heterocycles. The maximum Gasteiger partial charge on any atom is 0.138 e. The summed E-state index contributed by atoms with van der Waals surface area (Å²) in [5, 5.41) is -0.252. The van der Waals surface area contributed by atoms with Gasteiger partial charge in [-0.05, 0) is 34.1 Å². The van der Waals surface area contributed by atoms with Gasteiger partial charge in [0.2, 0.25) is 0 Å². The van der Waals surface area contributed by atoms with E-state index in [2.05, 4.69) is 15.9 Å². The van der Waals surface area contributed by atoms with E-state index < -0.39 is 11.2 Å². The van der Waals surface area contributed by atoms with Crippen LogP contribution in [0.4, 0.5) is 4.39 Å². The van der Waals surface area contributed by atoms with Crippen molar-refractivity contribution in [1.29, 1.82) is 0 Å². The monoisotopic (exact) mass is 392 g/mol. The Morgan fingerprint density at radius 3 is 2.38 bits per heavy atom. The van der Waals surface area contributed by atoms with E-state index in [4.69, 9.17) is 32.7 Å². The molecular weight excluding hydrogens is 382 g/mol. The lowest BCUT2D eigenvalue weighted by Crippen LogP contribution is -2.01. The van der Waals surface area contributed by atoms with Crippen molar-refractivity contribution in [3.63, 3.8) is 0 Å². The van der Waals surface area contributed by atoms with Gasteiger partial charge in [0.05, 0.1) is 24.1 Å². The van der Waals surface area contributed by atoms with Crippen LogP contribution in [0, 0.1) is 5.82 Å². The Kier molecular flexibility index (Phi) is 5.36. The standard InChI is InChI=1S/C15H12BrCl2FO2/c1-20-9-3-4-10(13(19)7-9)14(18)11-5-8(17)6-12(16)15(11)21-2/h3-7,14H,1-2H3. The molecule has 0 spiro atoms. The summed E-state index contributed by atoms with van der Waals surface area (Å²) in [4.78, 5) is 0. The van der Waals surface area contributed by atoms with Crippen molar-refractivity contribution >= 4 is 39.1 Å². The van der Waals surface area contributed by atoms with Crippen LogP contribution in [0.3, 0.4) is 0 Å². The average Bonchev–Trinajstić information content (AvgIpc) is 2.45. The fraction of sp³-hybridized carbons (Fsp3) is 0.200. The van der Waals surface area contributed by atoms with Gasteiger partial charge in [0.25, 0.3) is 0 Å². The Morgan fingerprint density at radius 1 is 1.10 bits per heavy atom. The normalized spacial score (nSPS) is 12.1. The second-order valence-electron chi connectivity index (χ2n) is 4.26. The van der Waals surface area contributed by atoms with Crippen molar-refractivity contribution in [3.05, 3.63) is 56.8 Å². The number of hydrogen-bond acceptors (Lipinski definition) is 2. The first-order chi connectivity index (χ1) is 9.97. The van der Waals surface area contributed by atoms with Crippen LogP contribution in [0.2, 0.25) is 5.02 Å². The number of halogens is 4. The van der Waals surface area contributed by atoms with Crippen LogP contribution in [0.25, 0.3) is 0 Å². The zero-order valence-corrected chi connectivity index (χ0v) is 14.4. The molecule has 2 aromatic rings. The van der Waals surface area contributed by atoms with E-state index in [0.717, 1.165) is 0 Å². The molecule has 2 aromatic carbocycles. The molecular formula is C15H12BrCl2FO2. The first-order valence-corrected chi connectivity index (χ1v) is 7.59. The van der Waals surface area contributed by atoms with Gasteiger partial charge in [-0.2, -0.15) is 0 Å². The lowest BCUT2D eigenvalue weighted by atomic mass is 10.0. The minimum Gasteiger partial charge on any atom is -0.497 e.